The predicted octanol–water partition coefficient (Wildman–Crippen LogP) is 3.55. The Labute approximate surface area is 121 Å². The van der Waals surface area contributed by atoms with Crippen LogP contribution in [0.15, 0.2) is 36.4 Å². The second-order valence-electron chi connectivity index (χ2n) is 4.35. The molecule has 0 saturated carbocycles. The molecule has 0 spiro atoms. The highest BCUT2D eigenvalue weighted by atomic mass is 35.5. The summed E-state index contributed by atoms with van der Waals surface area (Å²) in [5.74, 6) is 1.53. The SMILES string of the molecule is N#Cc1cc(NCc2ccc3c(c2)OCO3)ccc1Cl. The van der Waals surface area contributed by atoms with E-state index in [0.29, 0.717) is 17.1 Å². The van der Waals surface area contributed by atoms with Gasteiger partial charge in [-0.2, -0.15) is 5.26 Å². The number of rotatable bonds is 3. The number of fused-ring (bicyclic) bond motifs is 1. The van der Waals surface area contributed by atoms with Crippen molar-refractivity contribution in [2.45, 2.75) is 6.54 Å². The van der Waals surface area contributed by atoms with Crippen LogP contribution in [0.25, 0.3) is 0 Å². The molecule has 0 fully saturated rings. The maximum Gasteiger partial charge on any atom is 0.231 e. The first-order chi connectivity index (χ1) is 9.76. The molecule has 20 heavy (non-hydrogen) atoms. The van der Waals surface area contributed by atoms with Crippen molar-refractivity contribution in [2.24, 2.45) is 0 Å². The third-order valence-electron chi connectivity index (χ3n) is 3.02. The van der Waals surface area contributed by atoms with Gasteiger partial charge in [0.05, 0.1) is 10.6 Å². The highest BCUT2D eigenvalue weighted by Crippen LogP contribution is 2.32. The van der Waals surface area contributed by atoms with Crippen LogP contribution in [-0.4, -0.2) is 6.79 Å². The van der Waals surface area contributed by atoms with E-state index >= 15 is 0 Å². The van der Waals surface area contributed by atoms with Crippen LogP contribution < -0.4 is 14.8 Å². The minimum absolute atomic E-state index is 0.273. The molecule has 0 bridgehead atoms. The number of nitrogens with one attached hydrogen (secondary N) is 1. The van der Waals surface area contributed by atoms with E-state index in [1.807, 2.05) is 24.3 Å². The van der Waals surface area contributed by atoms with Gasteiger partial charge in [-0.1, -0.05) is 17.7 Å². The van der Waals surface area contributed by atoms with Gasteiger partial charge in [-0.3, -0.25) is 0 Å². The van der Waals surface area contributed by atoms with Crippen molar-refractivity contribution >= 4 is 17.3 Å². The lowest BCUT2D eigenvalue weighted by atomic mass is 10.2. The molecule has 2 aromatic rings. The van der Waals surface area contributed by atoms with Crippen molar-refractivity contribution in [3.63, 3.8) is 0 Å². The van der Waals surface area contributed by atoms with Gasteiger partial charge in [0.25, 0.3) is 0 Å². The molecule has 0 radical (unpaired) electrons. The van der Waals surface area contributed by atoms with Crippen molar-refractivity contribution in [3.05, 3.63) is 52.5 Å². The summed E-state index contributed by atoms with van der Waals surface area (Å²) in [7, 11) is 0. The molecule has 3 rings (SSSR count). The van der Waals surface area contributed by atoms with Crippen LogP contribution in [-0.2, 0) is 6.54 Å². The van der Waals surface area contributed by atoms with Gasteiger partial charge in [-0.25, -0.2) is 0 Å². The van der Waals surface area contributed by atoms with Crippen LogP contribution >= 0.6 is 11.6 Å². The molecule has 2 aromatic carbocycles. The molecule has 1 N–H and O–H groups in total. The molecule has 1 heterocycles. The first-order valence-electron chi connectivity index (χ1n) is 6.08. The van der Waals surface area contributed by atoms with Crippen LogP contribution in [0.3, 0.4) is 0 Å². The van der Waals surface area contributed by atoms with Crippen LogP contribution in [0.4, 0.5) is 5.69 Å². The summed E-state index contributed by atoms with van der Waals surface area (Å²) in [4.78, 5) is 0. The van der Waals surface area contributed by atoms with Crippen molar-refractivity contribution in [1.29, 1.82) is 5.26 Å². The Morgan fingerprint density at radius 1 is 1.15 bits per heavy atom. The third kappa shape index (κ3) is 2.49. The van der Waals surface area contributed by atoms with E-state index < -0.39 is 0 Å². The molecule has 0 saturated heterocycles. The lowest BCUT2D eigenvalue weighted by Crippen LogP contribution is -1.99. The first kappa shape index (κ1) is 12.6. The number of halogens is 1. The average Bonchev–Trinajstić information content (AvgIpc) is 2.94. The summed E-state index contributed by atoms with van der Waals surface area (Å²) in [5.41, 5.74) is 2.38. The Morgan fingerprint density at radius 3 is 2.85 bits per heavy atom. The van der Waals surface area contributed by atoms with Crippen molar-refractivity contribution in [1.82, 2.24) is 0 Å². The fourth-order valence-electron chi connectivity index (χ4n) is 1.98. The fraction of sp³-hybridized carbons (Fsp3) is 0.133. The van der Waals surface area contributed by atoms with Gasteiger partial charge in [-0.15, -0.1) is 0 Å². The predicted molar refractivity (Wildman–Crippen MR) is 76.1 cm³/mol. The highest BCUT2D eigenvalue weighted by molar-refractivity contribution is 6.31. The van der Waals surface area contributed by atoms with Crippen molar-refractivity contribution in [2.75, 3.05) is 12.1 Å². The fourth-order valence-corrected chi connectivity index (χ4v) is 2.14. The Bertz CT molecular complexity index is 695. The van der Waals surface area contributed by atoms with Crippen LogP contribution in [0, 0.1) is 11.3 Å². The summed E-state index contributed by atoms with van der Waals surface area (Å²) in [6, 6.07) is 13.2. The molecule has 5 heteroatoms. The molecule has 100 valence electrons. The normalized spacial score (nSPS) is 12.0. The van der Waals surface area contributed by atoms with E-state index in [1.54, 1.807) is 12.1 Å². The zero-order valence-electron chi connectivity index (χ0n) is 10.5. The van der Waals surface area contributed by atoms with Crippen molar-refractivity contribution in [3.8, 4) is 17.6 Å². The molecule has 0 amide bonds. The van der Waals surface area contributed by atoms with E-state index in [4.69, 9.17) is 26.3 Å². The number of nitriles is 1. The zero-order chi connectivity index (χ0) is 13.9. The van der Waals surface area contributed by atoms with E-state index in [0.717, 1.165) is 22.7 Å². The summed E-state index contributed by atoms with van der Waals surface area (Å²) in [6.07, 6.45) is 0. The van der Waals surface area contributed by atoms with Crippen LogP contribution in [0.1, 0.15) is 11.1 Å². The number of benzene rings is 2. The maximum atomic E-state index is 8.94. The minimum Gasteiger partial charge on any atom is -0.454 e. The Balaban J connectivity index is 1.72. The lowest BCUT2D eigenvalue weighted by Gasteiger charge is -2.08. The average molecular weight is 287 g/mol. The standard InChI is InChI=1S/C15H11ClN2O2/c16-13-3-2-12(6-11(13)7-17)18-8-10-1-4-14-15(5-10)20-9-19-14/h1-6,18H,8-9H2. The molecule has 0 aromatic heterocycles. The first-order valence-corrected chi connectivity index (χ1v) is 6.46. The summed E-state index contributed by atoms with van der Waals surface area (Å²) < 4.78 is 10.6. The van der Waals surface area contributed by atoms with E-state index in [2.05, 4.69) is 11.4 Å². The topological polar surface area (TPSA) is 54.3 Å². The molecule has 0 unspecified atom stereocenters. The lowest BCUT2D eigenvalue weighted by molar-refractivity contribution is 0.174. The van der Waals surface area contributed by atoms with Gasteiger partial charge in [0.2, 0.25) is 6.79 Å². The largest absolute Gasteiger partial charge is 0.454 e. The van der Waals surface area contributed by atoms with Crippen LogP contribution in [0.2, 0.25) is 5.02 Å². The van der Waals surface area contributed by atoms with Gasteiger partial charge in [0.15, 0.2) is 11.5 Å². The van der Waals surface area contributed by atoms with E-state index in [1.165, 1.54) is 0 Å². The Morgan fingerprint density at radius 2 is 2.00 bits per heavy atom. The van der Waals surface area contributed by atoms with Gasteiger partial charge in [0, 0.05) is 12.2 Å². The van der Waals surface area contributed by atoms with Gasteiger partial charge >= 0.3 is 0 Å². The summed E-state index contributed by atoms with van der Waals surface area (Å²) in [6.45, 7) is 0.901. The number of hydrogen-bond donors (Lipinski definition) is 1. The number of hydrogen-bond acceptors (Lipinski definition) is 4. The quantitative estimate of drug-likeness (QED) is 0.937. The molecular formula is C15H11ClN2O2. The number of ether oxygens (including phenoxy) is 2. The van der Waals surface area contributed by atoms with Gasteiger partial charge in [0.1, 0.15) is 6.07 Å². The minimum atomic E-state index is 0.273. The van der Waals surface area contributed by atoms with Crippen molar-refractivity contribution < 1.29 is 9.47 Å². The summed E-state index contributed by atoms with van der Waals surface area (Å²) >= 11 is 5.90. The molecule has 4 nitrogen and oxygen atoms in total. The summed E-state index contributed by atoms with van der Waals surface area (Å²) in [5, 5.41) is 12.6. The molecule has 1 aliphatic heterocycles. The highest BCUT2D eigenvalue weighted by Gasteiger charge is 2.12. The second-order valence-corrected chi connectivity index (χ2v) is 4.75. The van der Waals surface area contributed by atoms with Gasteiger partial charge in [-0.05, 0) is 35.9 Å². The smallest absolute Gasteiger partial charge is 0.231 e. The molecular weight excluding hydrogens is 276 g/mol. The molecule has 1 aliphatic rings. The van der Waals surface area contributed by atoms with E-state index in [-0.39, 0.29) is 6.79 Å². The molecule has 0 aliphatic carbocycles. The number of anilines is 1. The Hall–Kier alpha value is -2.38. The zero-order valence-corrected chi connectivity index (χ0v) is 11.3. The maximum absolute atomic E-state index is 8.94. The second kappa shape index (κ2) is 5.32. The Kier molecular flexibility index (Phi) is 3.36. The number of nitrogens with zero attached hydrogens (tertiary/aromatic N) is 1. The molecule has 0 atom stereocenters. The van der Waals surface area contributed by atoms with E-state index in [9.17, 15) is 0 Å². The van der Waals surface area contributed by atoms with Gasteiger partial charge < -0.3 is 14.8 Å². The monoisotopic (exact) mass is 286 g/mol. The third-order valence-corrected chi connectivity index (χ3v) is 3.35. The van der Waals surface area contributed by atoms with Crippen LogP contribution in [0.5, 0.6) is 11.5 Å².